The highest BCUT2D eigenvalue weighted by Gasteiger charge is 2.35. The zero-order chi connectivity index (χ0) is 27.9. The minimum atomic E-state index is -4.66. The number of H-pyrrole nitrogens is 1. The van der Waals surface area contributed by atoms with Gasteiger partial charge in [0.25, 0.3) is 17.4 Å². The van der Waals surface area contributed by atoms with Gasteiger partial charge in [0.1, 0.15) is 11.3 Å². The fourth-order valence-electron chi connectivity index (χ4n) is 4.26. The predicted octanol–water partition coefficient (Wildman–Crippen LogP) is 4.29. The highest BCUT2D eigenvalue weighted by atomic mass is 79.9. The maximum atomic E-state index is 13.5. The second-order valence-corrected chi connectivity index (χ2v) is 10.3. The first-order chi connectivity index (χ1) is 17.9. The average Bonchev–Trinajstić information content (AvgIpc) is 2.87. The SMILES string of the molecule is CNC(=O)c1ccc(-n2c(=S=O)[nH]c3c(c2=O)C[C@@H](C)N(C(=O)c2ccc(Br)c(C(F)(F)F)c2)C3)c(Cl)c1. The maximum Gasteiger partial charge on any atom is 0.417 e. The van der Waals surface area contributed by atoms with Gasteiger partial charge < -0.3 is 15.2 Å². The number of amides is 2. The largest absolute Gasteiger partial charge is 0.417 e. The zero-order valence-electron chi connectivity index (χ0n) is 19.8. The van der Waals surface area contributed by atoms with Crippen LogP contribution in [0.4, 0.5) is 13.2 Å². The molecule has 38 heavy (non-hydrogen) atoms. The second-order valence-electron chi connectivity index (χ2n) is 8.54. The molecule has 0 aliphatic carbocycles. The highest BCUT2D eigenvalue weighted by Crippen LogP contribution is 2.36. The fourth-order valence-corrected chi connectivity index (χ4v) is 5.42. The van der Waals surface area contributed by atoms with Gasteiger partial charge in [-0.15, -0.1) is 0 Å². The monoisotopic (exact) mass is 630 g/mol. The van der Waals surface area contributed by atoms with Crippen molar-refractivity contribution in [3.8, 4) is 5.69 Å². The van der Waals surface area contributed by atoms with E-state index in [1.54, 1.807) is 6.92 Å². The number of hydrogen-bond donors (Lipinski definition) is 2. The van der Waals surface area contributed by atoms with Gasteiger partial charge in [0.2, 0.25) is 4.77 Å². The summed E-state index contributed by atoms with van der Waals surface area (Å²) >= 11 is 9.23. The predicted molar refractivity (Wildman–Crippen MR) is 138 cm³/mol. The third-order valence-electron chi connectivity index (χ3n) is 6.18. The number of benzene rings is 2. The first-order valence-corrected chi connectivity index (χ1v) is 13.0. The topological polar surface area (TPSA) is 104 Å². The van der Waals surface area contributed by atoms with Crippen LogP contribution in [0.5, 0.6) is 0 Å². The van der Waals surface area contributed by atoms with E-state index in [4.69, 9.17) is 11.6 Å². The minimum absolute atomic E-state index is 0.000133. The Morgan fingerprint density at radius 3 is 2.47 bits per heavy atom. The summed E-state index contributed by atoms with van der Waals surface area (Å²) in [7, 11) is 1.46. The van der Waals surface area contributed by atoms with Gasteiger partial charge in [0, 0.05) is 39.9 Å². The Bertz CT molecular complexity index is 1630. The first-order valence-electron chi connectivity index (χ1n) is 11.1. The molecule has 0 saturated carbocycles. The molecule has 2 heterocycles. The number of alkyl halides is 3. The van der Waals surface area contributed by atoms with Crippen LogP contribution in [-0.2, 0) is 30.4 Å². The molecule has 1 aliphatic rings. The summed E-state index contributed by atoms with van der Waals surface area (Å²) in [6, 6.07) is 6.96. The van der Waals surface area contributed by atoms with Gasteiger partial charge in [-0.1, -0.05) is 27.5 Å². The van der Waals surface area contributed by atoms with Gasteiger partial charge in [-0.05, 0) is 49.7 Å². The Morgan fingerprint density at radius 1 is 1.18 bits per heavy atom. The van der Waals surface area contributed by atoms with Gasteiger partial charge in [0.05, 0.1) is 22.8 Å². The van der Waals surface area contributed by atoms with E-state index in [9.17, 15) is 31.8 Å². The van der Waals surface area contributed by atoms with E-state index < -0.39 is 29.2 Å². The van der Waals surface area contributed by atoms with Gasteiger partial charge in [-0.2, -0.15) is 13.2 Å². The number of aromatic nitrogens is 2. The lowest BCUT2D eigenvalue weighted by atomic mass is 9.98. The maximum absolute atomic E-state index is 13.5. The molecule has 1 aromatic heterocycles. The minimum Gasteiger partial charge on any atom is -0.355 e. The Morgan fingerprint density at radius 2 is 1.87 bits per heavy atom. The fraction of sp³-hybridized carbons (Fsp3) is 0.250. The molecule has 4 rings (SSSR count). The molecule has 0 unspecified atom stereocenters. The molecule has 0 fully saturated rings. The summed E-state index contributed by atoms with van der Waals surface area (Å²) in [5, 5.41) is 2.53. The molecule has 1 aliphatic heterocycles. The molecular formula is C24H19BrClF3N4O4S. The molecule has 2 amide bonds. The van der Waals surface area contributed by atoms with Crippen LogP contribution in [0, 0.1) is 4.77 Å². The van der Waals surface area contributed by atoms with Crippen LogP contribution < -0.4 is 10.9 Å². The number of aromatic amines is 1. The van der Waals surface area contributed by atoms with Crippen LogP contribution in [-0.4, -0.2) is 43.6 Å². The van der Waals surface area contributed by atoms with Crippen LogP contribution in [0.15, 0.2) is 45.7 Å². The van der Waals surface area contributed by atoms with Crippen molar-refractivity contribution in [3.63, 3.8) is 0 Å². The normalized spacial score (nSPS) is 15.1. The number of nitrogens with one attached hydrogen (secondary N) is 2. The lowest BCUT2D eigenvalue weighted by Crippen LogP contribution is -2.46. The average molecular weight is 632 g/mol. The van der Waals surface area contributed by atoms with Crippen molar-refractivity contribution in [2.75, 3.05) is 7.05 Å². The molecule has 8 nitrogen and oxygen atoms in total. The molecule has 0 saturated heterocycles. The summed E-state index contributed by atoms with van der Waals surface area (Å²) in [5.41, 5.74) is -0.634. The summed E-state index contributed by atoms with van der Waals surface area (Å²) in [6.07, 6.45) is -4.58. The number of carbonyl (C=O) groups excluding carboxylic acids is 2. The number of carbonyl (C=O) groups is 2. The number of nitrogens with zero attached hydrogens (tertiary/aromatic N) is 2. The van der Waals surface area contributed by atoms with Crippen molar-refractivity contribution in [1.29, 1.82) is 0 Å². The van der Waals surface area contributed by atoms with E-state index in [-0.39, 0.29) is 61.2 Å². The smallest absolute Gasteiger partial charge is 0.355 e. The van der Waals surface area contributed by atoms with E-state index in [2.05, 4.69) is 26.2 Å². The zero-order valence-corrected chi connectivity index (χ0v) is 22.9. The van der Waals surface area contributed by atoms with E-state index in [1.807, 2.05) is 0 Å². The standard InChI is InChI=1S/C24H19BrClF3N4O4S/c1-11-7-14-18(10-32(11)21(35)13-3-5-16(25)15(8-13)24(27,28)29)31-23(38-37)33(22(14)36)19-6-4-12(9-17(19)26)20(34)30-2/h3-6,8-9,11,31H,7,10H2,1-2H3,(H,30,34)/t11-/m1/s1. The molecule has 200 valence electrons. The van der Waals surface area contributed by atoms with Gasteiger partial charge in [-0.3, -0.25) is 14.4 Å². The van der Waals surface area contributed by atoms with Crippen LogP contribution in [0.25, 0.3) is 5.69 Å². The summed E-state index contributed by atoms with van der Waals surface area (Å²) in [4.78, 5) is 42.9. The van der Waals surface area contributed by atoms with Crippen LogP contribution in [0.3, 0.4) is 0 Å². The van der Waals surface area contributed by atoms with Crippen molar-refractivity contribution >= 4 is 50.6 Å². The summed E-state index contributed by atoms with van der Waals surface area (Å²) in [5.74, 6) is -1.03. The Kier molecular flexibility index (Phi) is 7.73. The van der Waals surface area contributed by atoms with E-state index in [1.165, 1.54) is 36.2 Å². The van der Waals surface area contributed by atoms with Gasteiger partial charge in [-0.25, -0.2) is 8.78 Å². The summed E-state index contributed by atoms with van der Waals surface area (Å²) < 4.78 is 52.9. The lowest BCUT2D eigenvalue weighted by Gasteiger charge is -2.34. The molecule has 0 bridgehead atoms. The molecule has 2 N–H and O–H groups in total. The number of fused-ring (bicyclic) bond motifs is 1. The molecule has 14 heteroatoms. The van der Waals surface area contributed by atoms with Crippen molar-refractivity contribution < 1.29 is 27.0 Å². The Hall–Kier alpha value is -3.16. The second kappa shape index (κ2) is 10.5. The van der Waals surface area contributed by atoms with Gasteiger partial charge >= 0.3 is 6.18 Å². The number of rotatable bonds is 3. The highest BCUT2D eigenvalue weighted by molar-refractivity contribution is 9.10. The van der Waals surface area contributed by atoms with Crippen molar-refractivity contribution in [2.45, 2.75) is 32.1 Å². The van der Waals surface area contributed by atoms with Crippen molar-refractivity contribution in [1.82, 2.24) is 19.8 Å². The van der Waals surface area contributed by atoms with Crippen molar-refractivity contribution in [3.05, 3.63) is 89.0 Å². The molecule has 0 spiro atoms. The van der Waals surface area contributed by atoms with E-state index >= 15 is 0 Å². The molecule has 1 atom stereocenters. The van der Waals surface area contributed by atoms with E-state index in [0.717, 1.165) is 16.7 Å². The van der Waals surface area contributed by atoms with E-state index in [0.29, 0.717) is 11.3 Å². The van der Waals surface area contributed by atoms with Crippen LogP contribution in [0.1, 0.15) is 44.5 Å². The Labute approximate surface area is 230 Å². The molecule has 0 radical (unpaired) electrons. The lowest BCUT2D eigenvalue weighted by molar-refractivity contribution is -0.138. The molecule has 3 aromatic rings. The Balaban J connectivity index is 1.76. The van der Waals surface area contributed by atoms with Gasteiger partial charge in [0.15, 0.2) is 0 Å². The van der Waals surface area contributed by atoms with Crippen LogP contribution in [0.2, 0.25) is 5.02 Å². The number of hydrogen-bond acceptors (Lipinski definition) is 4. The third-order valence-corrected chi connectivity index (χ3v) is 7.62. The summed E-state index contributed by atoms with van der Waals surface area (Å²) in [6.45, 7) is 1.55. The molecule has 2 aromatic carbocycles. The van der Waals surface area contributed by atoms with Crippen LogP contribution >= 0.6 is 27.5 Å². The number of halogens is 5. The quantitative estimate of drug-likeness (QED) is 0.421. The third kappa shape index (κ3) is 5.09. The first kappa shape index (κ1) is 27.9. The molecular weight excluding hydrogens is 613 g/mol. The van der Waals surface area contributed by atoms with Crippen molar-refractivity contribution in [2.24, 2.45) is 0 Å².